The van der Waals surface area contributed by atoms with Crippen molar-refractivity contribution in [3.8, 4) is 5.75 Å². The molecule has 0 saturated heterocycles. The van der Waals surface area contributed by atoms with E-state index in [1.807, 2.05) is 71.9 Å². The third kappa shape index (κ3) is 9.16. The fourth-order valence-electron chi connectivity index (χ4n) is 5.83. The molecule has 0 heterocycles. The molecule has 14 heteroatoms. The number of nitrogens with zero attached hydrogens (tertiary/aromatic N) is 2. The van der Waals surface area contributed by atoms with Gasteiger partial charge in [0.2, 0.25) is 0 Å². The number of phenols is 1. The summed E-state index contributed by atoms with van der Waals surface area (Å²) in [5.74, 6) is -0.198. The average molecular weight is 749 g/mol. The lowest BCUT2D eigenvalue weighted by atomic mass is 9.90. The van der Waals surface area contributed by atoms with Crippen molar-refractivity contribution in [1.29, 1.82) is 0 Å². The highest BCUT2D eigenvalue weighted by atomic mass is 32.2. The van der Waals surface area contributed by atoms with Gasteiger partial charge in [0.05, 0.1) is 9.79 Å². The molecule has 0 radical (unpaired) electrons. The van der Waals surface area contributed by atoms with Crippen LogP contribution in [0.2, 0.25) is 0 Å². The molecule has 1 aliphatic rings. The van der Waals surface area contributed by atoms with Crippen molar-refractivity contribution in [2.24, 2.45) is 0 Å². The Balaban J connectivity index is 1.54. The minimum Gasteiger partial charge on any atom is -0.768 e. The summed E-state index contributed by atoms with van der Waals surface area (Å²) in [4.78, 5) is 1.56. The number of anilines is 1. The molecule has 51 heavy (non-hydrogen) atoms. The Labute approximate surface area is 300 Å². The molecule has 4 aromatic rings. The molecule has 0 bridgehead atoms. The summed E-state index contributed by atoms with van der Waals surface area (Å²) in [7, 11) is -8.71. The fourth-order valence-corrected chi connectivity index (χ4v) is 7.50. The van der Waals surface area contributed by atoms with Crippen molar-refractivity contribution >= 4 is 48.3 Å². The van der Waals surface area contributed by atoms with Crippen LogP contribution in [0.3, 0.4) is 0 Å². The Bertz CT molecular complexity index is 2310. The van der Waals surface area contributed by atoms with Crippen LogP contribution in [0.4, 0.5) is 5.69 Å². The van der Waals surface area contributed by atoms with Crippen molar-refractivity contribution < 1.29 is 44.4 Å². The number of rotatable bonds is 12. The molecule has 0 aliphatic heterocycles. The number of allylic oxidation sites excluding steroid dienone is 5. The first-order chi connectivity index (χ1) is 24.2. The average Bonchev–Trinajstić information content (AvgIpc) is 3.10. The van der Waals surface area contributed by atoms with Gasteiger partial charge in [-0.25, -0.2) is 4.58 Å². The zero-order chi connectivity index (χ0) is 36.9. The van der Waals surface area contributed by atoms with E-state index >= 15 is 0 Å². The maximum absolute atomic E-state index is 12.4. The zero-order valence-corrected chi connectivity index (χ0v) is 30.2. The molecule has 0 fully saturated rings. The molecular weight excluding hydrogens is 713 g/mol. The number of benzene rings is 4. The Morgan fingerprint density at radius 1 is 0.784 bits per heavy atom. The molecule has 1 aliphatic carbocycles. The van der Waals surface area contributed by atoms with E-state index in [1.54, 1.807) is 30.3 Å². The molecule has 1 unspecified atom stereocenters. The summed E-state index contributed by atoms with van der Waals surface area (Å²) in [5, 5.41) is 10.1. The smallest absolute Gasteiger partial charge is 0.294 e. The van der Waals surface area contributed by atoms with Gasteiger partial charge in [-0.2, -0.15) is 16.8 Å². The molecule has 0 spiro atoms. The van der Waals surface area contributed by atoms with Gasteiger partial charge in [0.1, 0.15) is 12.3 Å². The number of phenolic OH excluding ortho intramolecular Hbond substituents is 1. The highest BCUT2D eigenvalue weighted by molar-refractivity contribution is 7.86. The topological polar surface area (TPSA) is 175 Å². The van der Waals surface area contributed by atoms with E-state index in [9.17, 15) is 39.8 Å². The Hall–Kier alpha value is -4.70. The Morgan fingerprint density at radius 3 is 1.92 bits per heavy atom. The maximum atomic E-state index is 12.4. The predicted octanol–water partition coefficient (Wildman–Crippen LogP) is 5.75. The number of aromatic hydroxyl groups is 1. The monoisotopic (exact) mass is 748 g/mol. The number of hydrogen-bond donors (Lipinski definition) is 3. The summed E-state index contributed by atoms with van der Waals surface area (Å²) in [6.45, 7) is 5.80. The van der Waals surface area contributed by atoms with Crippen LogP contribution < -0.4 is 4.90 Å². The predicted molar refractivity (Wildman–Crippen MR) is 195 cm³/mol. The first kappa shape index (κ1) is 37.6. The molecule has 0 aromatic heterocycles. The molecule has 11 nitrogen and oxygen atoms in total. The van der Waals surface area contributed by atoms with Crippen LogP contribution in [-0.4, -0.2) is 63.2 Å². The first-order valence-corrected chi connectivity index (χ1v) is 19.8. The second-order valence-corrected chi connectivity index (χ2v) is 15.4. The van der Waals surface area contributed by atoms with Gasteiger partial charge in [-0.3, -0.25) is 13.3 Å². The van der Waals surface area contributed by atoms with Crippen molar-refractivity contribution in [3.63, 3.8) is 0 Å². The lowest BCUT2D eigenvalue weighted by Crippen LogP contribution is -2.22. The van der Waals surface area contributed by atoms with Crippen LogP contribution in [0.1, 0.15) is 36.1 Å². The quantitative estimate of drug-likeness (QED) is 0.0919. The minimum absolute atomic E-state index is 0.0824. The van der Waals surface area contributed by atoms with Crippen LogP contribution in [0.15, 0.2) is 136 Å². The maximum Gasteiger partial charge on any atom is 0.294 e. The lowest BCUT2D eigenvalue weighted by molar-refractivity contribution is -0.539. The minimum atomic E-state index is -4.35. The molecule has 4 aromatic carbocycles. The van der Waals surface area contributed by atoms with Crippen LogP contribution in [0.5, 0.6) is 5.75 Å². The van der Waals surface area contributed by atoms with Crippen LogP contribution >= 0.6 is 0 Å². The Kier molecular flexibility index (Phi) is 11.5. The highest BCUT2D eigenvalue weighted by Crippen LogP contribution is 2.35. The summed E-state index contributed by atoms with van der Waals surface area (Å²) < 4.78 is 92.4. The molecule has 3 N–H and O–H groups in total. The molecule has 1 atom stereocenters. The lowest BCUT2D eigenvalue weighted by Gasteiger charge is -2.24. The first-order valence-electron chi connectivity index (χ1n) is 15.8. The van der Waals surface area contributed by atoms with Gasteiger partial charge in [-0.05, 0) is 120 Å². The fraction of sp³-hybridized carbons (Fsp3) is 0.162. The molecule has 266 valence electrons. The highest BCUT2D eigenvalue weighted by Gasteiger charge is 2.20. The molecule has 0 amide bonds. The van der Waals surface area contributed by atoms with E-state index in [-0.39, 0.29) is 20.4 Å². The van der Waals surface area contributed by atoms with Crippen molar-refractivity contribution in [2.75, 3.05) is 18.0 Å². The van der Waals surface area contributed by atoms with Gasteiger partial charge < -0.3 is 14.6 Å². The molecule has 5 rings (SSSR count). The third-order valence-electron chi connectivity index (χ3n) is 8.36. The van der Waals surface area contributed by atoms with E-state index in [1.165, 1.54) is 36.4 Å². The van der Waals surface area contributed by atoms with E-state index in [4.69, 9.17) is 0 Å². The summed E-state index contributed by atoms with van der Waals surface area (Å²) in [6.07, 6.45) is 7.49. The summed E-state index contributed by atoms with van der Waals surface area (Å²) >= 11 is -2.68. The van der Waals surface area contributed by atoms with E-state index in [0.717, 1.165) is 11.4 Å². The van der Waals surface area contributed by atoms with E-state index < -0.39 is 31.3 Å². The second kappa shape index (κ2) is 15.7. The largest absolute Gasteiger partial charge is 0.768 e. The second-order valence-electron chi connectivity index (χ2n) is 11.7. The van der Waals surface area contributed by atoms with Gasteiger partial charge in [0.25, 0.3) is 20.2 Å². The number of hydrogen-bond acceptors (Lipinski definition) is 8. The van der Waals surface area contributed by atoms with Crippen molar-refractivity contribution in [3.05, 3.63) is 143 Å². The Morgan fingerprint density at radius 2 is 1.37 bits per heavy atom. The van der Waals surface area contributed by atoms with Crippen molar-refractivity contribution in [1.82, 2.24) is 0 Å². The summed E-state index contributed by atoms with van der Waals surface area (Å²) in [6, 6.07) is 23.8. The summed E-state index contributed by atoms with van der Waals surface area (Å²) in [5.41, 5.74) is 5.38. The SMILES string of the molecule is CCN(Cc1cccc(S(=O)(=O)O)c1)c1ccc(C(=C2C=CC(=[N+](CC)Cc3cccc(S(=O)(=O)O)c3)C=C2)c2ccc(O)cc2S(=O)[O-])cc1. The van der Waals surface area contributed by atoms with Gasteiger partial charge in [-0.1, -0.05) is 36.4 Å². The molecular formula is C37H36N2O9S3. The van der Waals surface area contributed by atoms with Gasteiger partial charge in [0.15, 0.2) is 12.3 Å². The van der Waals surface area contributed by atoms with E-state index in [0.29, 0.717) is 59.6 Å². The normalized spacial score (nSPS) is 13.7. The van der Waals surface area contributed by atoms with Gasteiger partial charge in [-0.15, -0.1) is 0 Å². The zero-order valence-electron chi connectivity index (χ0n) is 27.7. The molecule has 0 saturated carbocycles. The van der Waals surface area contributed by atoms with Crippen LogP contribution in [-0.2, 0) is 44.4 Å². The van der Waals surface area contributed by atoms with Crippen molar-refractivity contribution in [2.45, 2.75) is 41.6 Å². The standard InChI is InChI=1S/C37H36N2O9S3/c1-3-38(24-26-7-5-9-33(21-26)50(43,44)45)30-15-11-28(12-16-30)37(35-20-19-32(40)23-36(35)49(41)42)29-13-17-31(18-14-29)39(4-2)25-27-8-6-10-34(22-27)51(46,47)48/h5-23H,3-4,24-25H2,1-2H3,(H3,41,42,43,44,45,46,47,48). The third-order valence-corrected chi connectivity index (χ3v) is 10.8. The van der Waals surface area contributed by atoms with Gasteiger partial charge >= 0.3 is 0 Å². The van der Waals surface area contributed by atoms with Crippen LogP contribution in [0, 0.1) is 0 Å². The van der Waals surface area contributed by atoms with Gasteiger partial charge in [0, 0.05) is 41.4 Å². The van der Waals surface area contributed by atoms with E-state index in [2.05, 4.69) is 0 Å². The van der Waals surface area contributed by atoms with Crippen LogP contribution in [0.25, 0.3) is 5.57 Å².